The number of halogens is 1. The molecule has 2 heterocycles. The monoisotopic (exact) mass is 316 g/mol. The summed E-state index contributed by atoms with van der Waals surface area (Å²) in [5.74, 6) is 2.37. The van der Waals surface area contributed by atoms with Gasteiger partial charge in [-0.25, -0.2) is 4.98 Å². The van der Waals surface area contributed by atoms with Crippen LogP contribution in [0.25, 0.3) is 22.4 Å². The van der Waals surface area contributed by atoms with Gasteiger partial charge in [0, 0.05) is 10.0 Å². The Morgan fingerprint density at radius 2 is 1.95 bits per heavy atom. The van der Waals surface area contributed by atoms with E-state index in [1.807, 2.05) is 36.4 Å². The molecule has 0 atom stereocenters. The number of rotatable bonds is 1. The number of imidazole rings is 1. The van der Waals surface area contributed by atoms with Crippen LogP contribution in [0.2, 0.25) is 0 Å². The molecule has 0 unspecified atom stereocenters. The molecule has 4 nitrogen and oxygen atoms in total. The molecule has 2 aromatic carbocycles. The van der Waals surface area contributed by atoms with Crippen LogP contribution >= 0.6 is 15.9 Å². The lowest BCUT2D eigenvalue weighted by Crippen LogP contribution is -1.92. The minimum atomic E-state index is 0.284. The van der Waals surface area contributed by atoms with Crippen LogP contribution in [-0.4, -0.2) is 16.8 Å². The Balaban J connectivity index is 1.85. The third kappa shape index (κ3) is 1.77. The second kappa shape index (κ2) is 3.99. The molecule has 94 valence electrons. The third-order valence-electron chi connectivity index (χ3n) is 3.09. The summed E-state index contributed by atoms with van der Waals surface area (Å²) in [6.07, 6.45) is 0. The lowest BCUT2D eigenvalue weighted by Gasteiger charge is -1.99. The van der Waals surface area contributed by atoms with Gasteiger partial charge in [0.2, 0.25) is 6.79 Å². The van der Waals surface area contributed by atoms with Crippen molar-refractivity contribution < 1.29 is 9.47 Å². The van der Waals surface area contributed by atoms with E-state index in [0.29, 0.717) is 0 Å². The summed E-state index contributed by atoms with van der Waals surface area (Å²) in [6.45, 7) is 0.284. The first-order valence-electron chi connectivity index (χ1n) is 5.85. The minimum absolute atomic E-state index is 0.284. The van der Waals surface area contributed by atoms with Crippen molar-refractivity contribution >= 4 is 27.0 Å². The van der Waals surface area contributed by atoms with Crippen LogP contribution in [0.1, 0.15) is 0 Å². The fourth-order valence-electron chi connectivity index (χ4n) is 2.16. The van der Waals surface area contributed by atoms with Gasteiger partial charge in [-0.05, 0) is 36.4 Å². The van der Waals surface area contributed by atoms with Crippen molar-refractivity contribution in [3.8, 4) is 22.9 Å². The first-order valence-corrected chi connectivity index (χ1v) is 6.64. The van der Waals surface area contributed by atoms with Gasteiger partial charge in [-0.3, -0.25) is 0 Å². The Morgan fingerprint density at radius 1 is 1.05 bits per heavy atom. The van der Waals surface area contributed by atoms with Crippen molar-refractivity contribution in [3.05, 3.63) is 40.9 Å². The summed E-state index contributed by atoms with van der Waals surface area (Å²) in [7, 11) is 0. The highest BCUT2D eigenvalue weighted by molar-refractivity contribution is 9.10. The maximum absolute atomic E-state index is 5.38. The Labute approximate surface area is 117 Å². The van der Waals surface area contributed by atoms with Crippen LogP contribution in [0.3, 0.4) is 0 Å². The number of ether oxygens (including phenoxy) is 2. The lowest BCUT2D eigenvalue weighted by molar-refractivity contribution is 0.174. The van der Waals surface area contributed by atoms with Crippen LogP contribution in [0, 0.1) is 0 Å². The van der Waals surface area contributed by atoms with Gasteiger partial charge in [0.25, 0.3) is 0 Å². The van der Waals surface area contributed by atoms with Crippen molar-refractivity contribution in [3.63, 3.8) is 0 Å². The molecule has 4 rings (SSSR count). The number of H-pyrrole nitrogens is 1. The van der Waals surface area contributed by atoms with E-state index in [4.69, 9.17) is 9.47 Å². The molecule has 0 saturated carbocycles. The van der Waals surface area contributed by atoms with Gasteiger partial charge in [0.1, 0.15) is 5.82 Å². The van der Waals surface area contributed by atoms with E-state index in [1.165, 1.54) is 0 Å². The third-order valence-corrected chi connectivity index (χ3v) is 3.58. The zero-order valence-corrected chi connectivity index (χ0v) is 11.4. The zero-order chi connectivity index (χ0) is 12.8. The van der Waals surface area contributed by atoms with Gasteiger partial charge in [0.05, 0.1) is 11.0 Å². The van der Waals surface area contributed by atoms with Crippen molar-refractivity contribution in [1.82, 2.24) is 9.97 Å². The molecular weight excluding hydrogens is 308 g/mol. The Kier molecular flexibility index (Phi) is 2.29. The molecule has 19 heavy (non-hydrogen) atoms. The molecule has 1 aliphatic rings. The number of hydrogen-bond acceptors (Lipinski definition) is 3. The summed E-state index contributed by atoms with van der Waals surface area (Å²) in [5.41, 5.74) is 2.93. The molecule has 5 heteroatoms. The molecule has 0 fully saturated rings. The molecular formula is C14H9BrN2O2. The molecule has 0 saturated heterocycles. The van der Waals surface area contributed by atoms with Gasteiger partial charge < -0.3 is 14.5 Å². The molecule has 1 aliphatic heterocycles. The summed E-state index contributed by atoms with van der Waals surface area (Å²) in [4.78, 5) is 7.88. The van der Waals surface area contributed by atoms with Crippen molar-refractivity contribution in [1.29, 1.82) is 0 Å². The average Bonchev–Trinajstić information content (AvgIpc) is 3.02. The van der Waals surface area contributed by atoms with E-state index in [9.17, 15) is 0 Å². The summed E-state index contributed by atoms with van der Waals surface area (Å²) < 4.78 is 11.7. The number of hydrogen-bond donors (Lipinski definition) is 1. The molecule has 0 spiro atoms. The van der Waals surface area contributed by atoms with Gasteiger partial charge >= 0.3 is 0 Å². The highest BCUT2D eigenvalue weighted by atomic mass is 79.9. The predicted octanol–water partition coefficient (Wildman–Crippen LogP) is 3.72. The van der Waals surface area contributed by atoms with Crippen LogP contribution in [0.4, 0.5) is 0 Å². The van der Waals surface area contributed by atoms with Crippen LogP contribution in [0.5, 0.6) is 11.5 Å². The smallest absolute Gasteiger partial charge is 0.231 e. The van der Waals surface area contributed by atoms with E-state index in [-0.39, 0.29) is 6.79 Å². The summed E-state index contributed by atoms with van der Waals surface area (Å²) in [6, 6.07) is 11.8. The number of aromatic amines is 1. The summed E-state index contributed by atoms with van der Waals surface area (Å²) >= 11 is 3.45. The Bertz CT molecular complexity index is 782. The minimum Gasteiger partial charge on any atom is -0.454 e. The topological polar surface area (TPSA) is 47.1 Å². The second-order valence-electron chi connectivity index (χ2n) is 4.31. The zero-order valence-electron chi connectivity index (χ0n) is 9.81. The summed E-state index contributed by atoms with van der Waals surface area (Å²) in [5, 5.41) is 0. The fraction of sp³-hybridized carbons (Fsp3) is 0.0714. The molecule has 1 aromatic heterocycles. The van der Waals surface area contributed by atoms with Crippen LogP contribution in [0.15, 0.2) is 40.9 Å². The molecule has 1 N–H and O–H groups in total. The Hall–Kier alpha value is -2.01. The highest BCUT2D eigenvalue weighted by Gasteiger charge is 2.15. The number of fused-ring (bicyclic) bond motifs is 2. The van der Waals surface area contributed by atoms with Crippen LogP contribution < -0.4 is 9.47 Å². The van der Waals surface area contributed by atoms with Gasteiger partial charge in [-0.1, -0.05) is 15.9 Å². The van der Waals surface area contributed by atoms with E-state index in [2.05, 4.69) is 25.9 Å². The van der Waals surface area contributed by atoms with E-state index >= 15 is 0 Å². The Morgan fingerprint density at radius 3 is 2.89 bits per heavy atom. The quantitative estimate of drug-likeness (QED) is 0.744. The van der Waals surface area contributed by atoms with Gasteiger partial charge in [-0.2, -0.15) is 0 Å². The maximum atomic E-state index is 5.38. The van der Waals surface area contributed by atoms with Crippen LogP contribution in [-0.2, 0) is 0 Å². The normalized spacial score (nSPS) is 13.1. The fourth-order valence-corrected chi connectivity index (χ4v) is 2.52. The largest absolute Gasteiger partial charge is 0.454 e. The molecule has 0 amide bonds. The SMILES string of the molecule is Brc1ccc2nc(-c3ccc4c(c3)OCO4)[nH]c2c1. The first kappa shape index (κ1) is 10.9. The lowest BCUT2D eigenvalue weighted by atomic mass is 10.2. The first-order chi connectivity index (χ1) is 9.29. The number of aromatic nitrogens is 2. The average molecular weight is 317 g/mol. The van der Waals surface area contributed by atoms with E-state index in [0.717, 1.165) is 38.4 Å². The number of nitrogens with one attached hydrogen (secondary N) is 1. The second-order valence-corrected chi connectivity index (χ2v) is 5.23. The number of nitrogens with zero attached hydrogens (tertiary/aromatic N) is 1. The molecule has 3 aromatic rings. The van der Waals surface area contributed by atoms with Gasteiger partial charge in [0.15, 0.2) is 11.5 Å². The van der Waals surface area contributed by atoms with Crippen molar-refractivity contribution in [2.24, 2.45) is 0 Å². The molecule has 0 aliphatic carbocycles. The molecule has 0 radical (unpaired) electrons. The molecule has 0 bridgehead atoms. The maximum Gasteiger partial charge on any atom is 0.231 e. The van der Waals surface area contributed by atoms with Crippen molar-refractivity contribution in [2.75, 3.05) is 6.79 Å². The van der Waals surface area contributed by atoms with E-state index in [1.54, 1.807) is 0 Å². The van der Waals surface area contributed by atoms with Crippen molar-refractivity contribution in [2.45, 2.75) is 0 Å². The van der Waals surface area contributed by atoms with Gasteiger partial charge in [-0.15, -0.1) is 0 Å². The number of benzene rings is 2. The van der Waals surface area contributed by atoms with E-state index < -0.39 is 0 Å². The predicted molar refractivity (Wildman–Crippen MR) is 75.4 cm³/mol. The highest BCUT2D eigenvalue weighted by Crippen LogP contribution is 2.35. The standard InChI is InChI=1S/C14H9BrN2O2/c15-9-2-3-10-11(6-9)17-14(16-10)8-1-4-12-13(5-8)19-7-18-12/h1-6H,7H2,(H,16,17).